The molecule has 2 atom stereocenters. The zero-order valence-corrected chi connectivity index (χ0v) is 20.0. The summed E-state index contributed by atoms with van der Waals surface area (Å²) in [6, 6.07) is 7.96. The zero-order valence-electron chi connectivity index (χ0n) is 20.0. The Morgan fingerprint density at radius 1 is 0.839 bits per heavy atom. The van der Waals surface area contributed by atoms with Crippen LogP contribution in [0.1, 0.15) is 126 Å². The van der Waals surface area contributed by atoms with E-state index in [2.05, 4.69) is 26.0 Å². The topological polar surface area (TPSA) is 35.5 Å². The Morgan fingerprint density at radius 2 is 1.45 bits per heavy atom. The summed E-state index contributed by atoms with van der Waals surface area (Å²) in [6.45, 7) is 5.39. The highest BCUT2D eigenvalue weighted by Gasteiger charge is 2.25. The van der Waals surface area contributed by atoms with Crippen LogP contribution in [0.4, 0.5) is 0 Å². The van der Waals surface area contributed by atoms with E-state index in [0.717, 1.165) is 37.7 Å². The lowest BCUT2D eigenvalue weighted by Crippen LogP contribution is -2.24. The van der Waals surface area contributed by atoms with Gasteiger partial charge in [-0.1, -0.05) is 70.9 Å². The minimum Gasteiger partial charge on any atom is -0.459 e. The largest absolute Gasteiger partial charge is 0.459 e. The molecule has 1 aromatic rings. The second-order valence-electron chi connectivity index (χ2n) is 9.93. The molecule has 174 valence electrons. The SMILES string of the molecule is CCCCCC1CCC(OC(=O)c2ccc([C@H]3CC[C@H](CCCCC)CO3)cc2)CC1. The van der Waals surface area contributed by atoms with Gasteiger partial charge in [0.25, 0.3) is 0 Å². The van der Waals surface area contributed by atoms with Crippen molar-refractivity contribution < 1.29 is 14.3 Å². The van der Waals surface area contributed by atoms with Crippen molar-refractivity contribution in [2.75, 3.05) is 6.61 Å². The molecule has 0 amide bonds. The highest BCUT2D eigenvalue weighted by atomic mass is 16.5. The van der Waals surface area contributed by atoms with Crippen molar-refractivity contribution in [3.05, 3.63) is 35.4 Å². The van der Waals surface area contributed by atoms with Crippen LogP contribution in [-0.2, 0) is 9.47 Å². The molecule has 0 N–H and O–H groups in total. The van der Waals surface area contributed by atoms with E-state index in [1.807, 2.05) is 12.1 Å². The second-order valence-corrected chi connectivity index (χ2v) is 9.93. The van der Waals surface area contributed by atoms with Crippen molar-refractivity contribution in [2.24, 2.45) is 11.8 Å². The quantitative estimate of drug-likeness (QED) is 0.264. The summed E-state index contributed by atoms with van der Waals surface area (Å²) in [6.07, 6.45) is 17.6. The van der Waals surface area contributed by atoms with Gasteiger partial charge in [0, 0.05) is 0 Å². The number of carbonyl (C=O) groups excluding carboxylic acids is 1. The number of hydrogen-bond acceptors (Lipinski definition) is 3. The molecule has 1 saturated carbocycles. The molecule has 2 aliphatic rings. The molecule has 0 unspecified atom stereocenters. The number of rotatable bonds is 11. The van der Waals surface area contributed by atoms with Crippen molar-refractivity contribution in [3.8, 4) is 0 Å². The molecule has 3 nitrogen and oxygen atoms in total. The summed E-state index contributed by atoms with van der Waals surface area (Å²) >= 11 is 0. The summed E-state index contributed by atoms with van der Waals surface area (Å²) in [5.74, 6) is 1.39. The van der Waals surface area contributed by atoms with Crippen LogP contribution < -0.4 is 0 Å². The van der Waals surface area contributed by atoms with Gasteiger partial charge in [0.2, 0.25) is 0 Å². The van der Waals surface area contributed by atoms with Crippen LogP contribution in [0.15, 0.2) is 24.3 Å². The number of unbranched alkanes of at least 4 members (excludes halogenated alkanes) is 4. The number of benzene rings is 1. The minimum atomic E-state index is -0.165. The van der Waals surface area contributed by atoms with Crippen molar-refractivity contribution in [1.29, 1.82) is 0 Å². The van der Waals surface area contributed by atoms with Gasteiger partial charge >= 0.3 is 5.97 Å². The third-order valence-electron chi connectivity index (χ3n) is 7.39. The number of esters is 1. The van der Waals surface area contributed by atoms with E-state index in [1.54, 1.807) is 0 Å². The fraction of sp³-hybridized carbons (Fsp3) is 0.750. The average molecular weight is 429 g/mol. The lowest BCUT2D eigenvalue weighted by molar-refractivity contribution is -0.0199. The van der Waals surface area contributed by atoms with Gasteiger partial charge in [-0.25, -0.2) is 4.79 Å². The first-order valence-corrected chi connectivity index (χ1v) is 13.1. The van der Waals surface area contributed by atoms with Gasteiger partial charge < -0.3 is 9.47 Å². The normalized spacial score (nSPS) is 26.5. The predicted octanol–water partition coefficient (Wildman–Crippen LogP) is 8.03. The van der Waals surface area contributed by atoms with Gasteiger partial charge in [-0.15, -0.1) is 0 Å². The van der Waals surface area contributed by atoms with Crippen LogP contribution in [0.25, 0.3) is 0 Å². The summed E-state index contributed by atoms with van der Waals surface area (Å²) in [4.78, 5) is 12.6. The molecule has 0 aromatic heterocycles. The Kier molecular flexibility index (Phi) is 10.4. The van der Waals surface area contributed by atoms with E-state index in [9.17, 15) is 4.79 Å². The molecule has 31 heavy (non-hydrogen) atoms. The summed E-state index contributed by atoms with van der Waals surface area (Å²) in [7, 11) is 0. The third-order valence-corrected chi connectivity index (χ3v) is 7.39. The van der Waals surface area contributed by atoms with Gasteiger partial charge in [-0.2, -0.15) is 0 Å². The Morgan fingerprint density at radius 3 is 2.03 bits per heavy atom. The predicted molar refractivity (Wildman–Crippen MR) is 127 cm³/mol. The fourth-order valence-corrected chi connectivity index (χ4v) is 5.25. The van der Waals surface area contributed by atoms with Gasteiger partial charge in [-0.05, 0) is 74.5 Å². The molecular formula is C28H44O3. The highest BCUT2D eigenvalue weighted by molar-refractivity contribution is 5.89. The minimum absolute atomic E-state index is 0.0981. The molecule has 3 heteroatoms. The maximum absolute atomic E-state index is 12.6. The van der Waals surface area contributed by atoms with Crippen LogP contribution in [0, 0.1) is 11.8 Å². The van der Waals surface area contributed by atoms with E-state index < -0.39 is 0 Å². The molecule has 0 bridgehead atoms. The Bertz CT molecular complexity index is 622. The van der Waals surface area contributed by atoms with Crippen LogP contribution in [0.3, 0.4) is 0 Å². The summed E-state index contributed by atoms with van der Waals surface area (Å²) in [5.41, 5.74) is 1.86. The maximum Gasteiger partial charge on any atom is 0.338 e. The zero-order chi connectivity index (χ0) is 21.9. The molecule has 2 fully saturated rings. The Labute approximate surface area is 190 Å². The lowest BCUT2D eigenvalue weighted by atomic mass is 9.84. The van der Waals surface area contributed by atoms with Crippen LogP contribution in [0.2, 0.25) is 0 Å². The van der Waals surface area contributed by atoms with E-state index >= 15 is 0 Å². The van der Waals surface area contributed by atoms with Crippen molar-refractivity contribution >= 4 is 5.97 Å². The van der Waals surface area contributed by atoms with Crippen molar-refractivity contribution in [3.63, 3.8) is 0 Å². The standard InChI is InChI=1S/C28H44O3/c1-3-5-7-9-22-11-18-26(19-12-22)31-28(29)25-16-14-24(15-17-25)27-20-13-23(21-30-27)10-8-6-4-2/h14-17,22-23,26-27H,3-13,18-21H2,1-2H3/t22?,23-,26?,27+/m0/s1. The maximum atomic E-state index is 12.6. The number of ether oxygens (including phenoxy) is 2. The molecule has 3 rings (SSSR count). The van der Waals surface area contributed by atoms with E-state index in [4.69, 9.17) is 9.47 Å². The lowest BCUT2D eigenvalue weighted by Gasteiger charge is -2.29. The van der Waals surface area contributed by atoms with Crippen LogP contribution in [-0.4, -0.2) is 18.7 Å². The molecular weight excluding hydrogens is 384 g/mol. The first kappa shape index (κ1) is 24.3. The molecule has 1 saturated heterocycles. The highest BCUT2D eigenvalue weighted by Crippen LogP contribution is 2.33. The van der Waals surface area contributed by atoms with Crippen molar-refractivity contribution in [1.82, 2.24) is 0 Å². The first-order valence-electron chi connectivity index (χ1n) is 13.1. The molecule has 1 aliphatic carbocycles. The number of carbonyl (C=O) groups is 1. The molecule has 0 spiro atoms. The van der Waals surface area contributed by atoms with Gasteiger partial charge in [0.1, 0.15) is 6.10 Å². The van der Waals surface area contributed by atoms with E-state index in [-0.39, 0.29) is 18.2 Å². The monoisotopic (exact) mass is 428 g/mol. The van der Waals surface area contributed by atoms with Crippen LogP contribution in [0.5, 0.6) is 0 Å². The molecule has 1 aromatic carbocycles. The second kappa shape index (κ2) is 13.3. The molecule has 1 aliphatic heterocycles. The van der Waals surface area contributed by atoms with Crippen molar-refractivity contribution in [2.45, 2.75) is 116 Å². The molecule has 0 radical (unpaired) electrons. The summed E-state index contributed by atoms with van der Waals surface area (Å²) < 4.78 is 12.0. The third kappa shape index (κ3) is 7.93. The van der Waals surface area contributed by atoms with E-state index in [0.29, 0.717) is 5.56 Å². The molecule has 1 heterocycles. The smallest absolute Gasteiger partial charge is 0.338 e. The van der Waals surface area contributed by atoms with Gasteiger partial charge in [0.05, 0.1) is 18.3 Å². The Balaban J connectivity index is 1.39. The van der Waals surface area contributed by atoms with Gasteiger partial charge in [0.15, 0.2) is 0 Å². The fourth-order valence-electron chi connectivity index (χ4n) is 5.25. The average Bonchev–Trinajstić information content (AvgIpc) is 2.81. The first-order chi connectivity index (χ1) is 15.2. The Hall–Kier alpha value is -1.35. The van der Waals surface area contributed by atoms with E-state index in [1.165, 1.54) is 76.2 Å². The van der Waals surface area contributed by atoms with Crippen LogP contribution >= 0.6 is 0 Å². The van der Waals surface area contributed by atoms with Gasteiger partial charge in [-0.3, -0.25) is 0 Å². The summed E-state index contributed by atoms with van der Waals surface area (Å²) in [5, 5.41) is 0. The number of hydrogen-bond donors (Lipinski definition) is 0.